The standard InChI is InChI=1S/C24H28N2O2/c27-23(25-15-7-1-8-16-25)21-13-5-3-11-19(21)20-12-4-6-14-22(20)24(28)26-17-9-2-10-18-26/h3-6,11-14H,1-2,7-10,15-18H2. The lowest BCUT2D eigenvalue weighted by Gasteiger charge is -2.29. The van der Waals surface area contributed by atoms with Crippen LogP contribution < -0.4 is 0 Å². The monoisotopic (exact) mass is 376 g/mol. The molecule has 0 bridgehead atoms. The molecule has 2 aromatic rings. The van der Waals surface area contributed by atoms with Gasteiger partial charge in [0.15, 0.2) is 0 Å². The summed E-state index contributed by atoms with van der Waals surface area (Å²) in [6.07, 6.45) is 6.66. The second kappa shape index (κ2) is 8.59. The van der Waals surface area contributed by atoms with Gasteiger partial charge in [-0.05, 0) is 61.8 Å². The molecule has 2 fully saturated rings. The molecule has 2 amide bonds. The van der Waals surface area contributed by atoms with Crippen molar-refractivity contribution in [1.29, 1.82) is 0 Å². The average Bonchev–Trinajstić information content (AvgIpc) is 2.79. The van der Waals surface area contributed by atoms with Crippen molar-refractivity contribution in [1.82, 2.24) is 9.80 Å². The molecular weight excluding hydrogens is 348 g/mol. The first-order valence-corrected chi connectivity index (χ1v) is 10.5. The van der Waals surface area contributed by atoms with Crippen LogP contribution in [-0.2, 0) is 0 Å². The number of carbonyl (C=O) groups is 2. The first-order valence-electron chi connectivity index (χ1n) is 10.5. The minimum atomic E-state index is 0.0792. The molecular formula is C24H28N2O2. The minimum Gasteiger partial charge on any atom is -0.339 e. The van der Waals surface area contributed by atoms with E-state index in [1.54, 1.807) is 0 Å². The van der Waals surface area contributed by atoms with Crippen LogP contribution in [0.4, 0.5) is 0 Å². The predicted molar refractivity (Wildman–Crippen MR) is 111 cm³/mol. The maximum atomic E-state index is 13.2. The van der Waals surface area contributed by atoms with Crippen molar-refractivity contribution >= 4 is 11.8 Å². The van der Waals surface area contributed by atoms with Gasteiger partial charge in [0.05, 0.1) is 0 Å². The van der Waals surface area contributed by atoms with Crippen LogP contribution in [0.25, 0.3) is 11.1 Å². The molecule has 2 aliphatic rings. The average molecular weight is 377 g/mol. The van der Waals surface area contributed by atoms with Gasteiger partial charge in [-0.3, -0.25) is 9.59 Å². The van der Waals surface area contributed by atoms with E-state index < -0.39 is 0 Å². The van der Waals surface area contributed by atoms with E-state index in [1.165, 1.54) is 12.8 Å². The first-order chi connectivity index (χ1) is 13.8. The zero-order valence-corrected chi connectivity index (χ0v) is 16.4. The normalized spacial score (nSPS) is 17.4. The Morgan fingerprint density at radius 1 is 0.536 bits per heavy atom. The lowest BCUT2D eigenvalue weighted by Crippen LogP contribution is -2.36. The van der Waals surface area contributed by atoms with E-state index in [0.29, 0.717) is 11.1 Å². The number of amides is 2. The molecule has 28 heavy (non-hydrogen) atoms. The molecule has 0 aliphatic carbocycles. The van der Waals surface area contributed by atoms with Gasteiger partial charge in [-0.25, -0.2) is 0 Å². The van der Waals surface area contributed by atoms with Crippen molar-refractivity contribution in [3.8, 4) is 11.1 Å². The van der Waals surface area contributed by atoms with E-state index in [2.05, 4.69) is 0 Å². The minimum absolute atomic E-state index is 0.0792. The highest BCUT2D eigenvalue weighted by molar-refractivity contribution is 6.06. The van der Waals surface area contributed by atoms with Gasteiger partial charge in [0.1, 0.15) is 0 Å². The number of piperidine rings is 2. The number of nitrogens with zero attached hydrogens (tertiary/aromatic N) is 2. The van der Waals surface area contributed by atoms with Gasteiger partial charge < -0.3 is 9.80 Å². The molecule has 2 saturated heterocycles. The zero-order chi connectivity index (χ0) is 19.3. The second-order valence-corrected chi connectivity index (χ2v) is 7.80. The molecule has 0 N–H and O–H groups in total. The topological polar surface area (TPSA) is 40.6 Å². The molecule has 0 saturated carbocycles. The molecule has 0 aromatic heterocycles. The summed E-state index contributed by atoms with van der Waals surface area (Å²) < 4.78 is 0. The van der Waals surface area contributed by atoms with Crippen LogP contribution >= 0.6 is 0 Å². The third kappa shape index (κ3) is 3.82. The number of likely N-dealkylation sites (tertiary alicyclic amines) is 2. The molecule has 2 heterocycles. The van der Waals surface area contributed by atoms with Crippen molar-refractivity contribution in [2.45, 2.75) is 38.5 Å². The maximum absolute atomic E-state index is 13.2. The van der Waals surface area contributed by atoms with E-state index in [4.69, 9.17) is 0 Å². The molecule has 0 spiro atoms. The number of hydrogen-bond acceptors (Lipinski definition) is 2. The van der Waals surface area contributed by atoms with Crippen LogP contribution in [0.15, 0.2) is 48.5 Å². The number of benzene rings is 2. The van der Waals surface area contributed by atoms with Crippen LogP contribution in [0.2, 0.25) is 0 Å². The van der Waals surface area contributed by atoms with E-state index in [1.807, 2.05) is 58.3 Å². The molecule has 2 aromatic carbocycles. The van der Waals surface area contributed by atoms with Crippen LogP contribution in [-0.4, -0.2) is 47.8 Å². The molecule has 0 radical (unpaired) electrons. The predicted octanol–water partition coefficient (Wildman–Crippen LogP) is 4.61. The molecule has 0 atom stereocenters. The van der Waals surface area contributed by atoms with Crippen LogP contribution in [0.3, 0.4) is 0 Å². The second-order valence-electron chi connectivity index (χ2n) is 7.80. The summed E-state index contributed by atoms with van der Waals surface area (Å²) in [5.41, 5.74) is 3.12. The van der Waals surface area contributed by atoms with Crippen molar-refractivity contribution in [3.05, 3.63) is 59.7 Å². The van der Waals surface area contributed by atoms with Gasteiger partial charge in [0, 0.05) is 37.3 Å². The summed E-state index contributed by atoms with van der Waals surface area (Å²) in [5, 5.41) is 0. The number of hydrogen-bond donors (Lipinski definition) is 0. The fraction of sp³-hybridized carbons (Fsp3) is 0.417. The molecule has 146 valence electrons. The molecule has 4 rings (SSSR count). The summed E-state index contributed by atoms with van der Waals surface area (Å²) in [6, 6.07) is 15.5. The highest BCUT2D eigenvalue weighted by Gasteiger charge is 2.25. The highest BCUT2D eigenvalue weighted by atomic mass is 16.2. The van der Waals surface area contributed by atoms with Gasteiger partial charge >= 0.3 is 0 Å². The van der Waals surface area contributed by atoms with E-state index >= 15 is 0 Å². The molecule has 2 aliphatic heterocycles. The smallest absolute Gasteiger partial charge is 0.254 e. The Kier molecular flexibility index (Phi) is 5.75. The van der Waals surface area contributed by atoms with Gasteiger partial charge in [0.25, 0.3) is 11.8 Å². The summed E-state index contributed by atoms with van der Waals surface area (Å²) in [6.45, 7) is 3.28. The van der Waals surface area contributed by atoms with E-state index in [0.717, 1.165) is 63.0 Å². The zero-order valence-electron chi connectivity index (χ0n) is 16.4. The van der Waals surface area contributed by atoms with Gasteiger partial charge in [0.2, 0.25) is 0 Å². The molecule has 4 heteroatoms. The van der Waals surface area contributed by atoms with Gasteiger partial charge in [-0.1, -0.05) is 36.4 Å². The fourth-order valence-corrected chi connectivity index (χ4v) is 4.34. The number of rotatable bonds is 3. The Morgan fingerprint density at radius 2 is 0.893 bits per heavy atom. The lowest BCUT2D eigenvalue weighted by atomic mass is 9.93. The van der Waals surface area contributed by atoms with Crippen molar-refractivity contribution in [2.75, 3.05) is 26.2 Å². The van der Waals surface area contributed by atoms with E-state index in [9.17, 15) is 9.59 Å². The Morgan fingerprint density at radius 3 is 1.29 bits per heavy atom. The van der Waals surface area contributed by atoms with Crippen molar-refractivity contribution in [3.63, 3.8) is 0 Å². The molecule has 0 unspecified atom stereocenters. The summed E-state index contributed by atoms with van der Waals surface area (Å²) in [7, 11) is 0. The summed E-state index contributed by atoms with van der Waals surface area (Å²) in [4.78, 5) is 30.3. The first kappa shape index (κ1) is 18.7. The van der Waals surface area contributed by atoms with Crippen molar-refractivity contribution in [2.24, 2.45) is 0 Å². The van der Waals surface area contributed by atoms with Crippen molar-refractivity contribution < 1.29 is 9.59 Å². The Labute approximate surface area is 167 Å². The SMILES string of the molecule is O=C(c1ccccc1-c1ccccc1C(=O)N1CCCCC1)N1CCCCC1. The van der Waals surface area contributed by atoms with Gasteiger partial charge in [-0.15, -0.1) is 0 Å². The number of carbonyl (C=O) groups excluding carboxylic acids is 2. The Balaban J connectivity index is 1.70. The lowest BCUT2D eigenvalue weighted by molar-refractivity contribution is 0.0715. The summed E-state index contributed by atoms with van der Waals surface area (Å²) >= 11 is 0. The third-order valence-electron chi connectivity index (χ3n) is 5.89. The van der Waals surface area contributed by atoms with Crippen LogP contribution in [0.5, 0.6) is 0 Å². The summed E-state index contributed by atoms with van der Waals surface area (Å²) in [5.74, 6) is 0.158. The highest BCUT2D eigenvalue weighted by Crippen LogP contribution is 2.30. The van der Waals surface area contributed by atoms with Crippen LogP contribution in [0.1, 0.15) is 59.2 Å². The van der Waals surface area contributed by atoms with Crippen LogP contribution in [0, 0.1) is 0 Å². The third-order valence-corrected chi connectivity index (χ3v) is 5.89. The largest absolute Gasteiger partial charge is 0.339 e. The quantitative estimate of drug-likeness (QED) is 0.785. The van der Waals surface area contributed by atoms with E-state index in [-0.39, 0.29) is 11.8 Å². The molecule has 4 nitrogen and oxygen atoms in total. The Bertz CT molecular complexity index is 778. The fourth-order valence-electron chi connectivity index (χ4n) is 4.34. The Hall–Kier alpha value is -2.62. The maximum Gasteiger partial charge on any atom is 0.254 e. The van der Waals surface area contributed by atoms with Gasteiger partial charge in [-0.2, -0.15) is 0 Å².